The molecule has 0 atom stereocenters. The van der Waals surface area contributed by atoms with Crippen molar-refractivity contribution in [3.05, 3.63) is 33.5 Å². The van der Waals surface area contributed by atoms with Crippen molar-refractivity contribution in [1.29, 1.82) is 0 Å². The Balaban J connectivity index is 1.91. The minimum Gasteiger partial charge on any atom is -0.296 e. The molecule has 0 aromatic heterocycles. The first-order valence-corrected chi connectivity index (χ1v) is 7.50. The summed E-state index contributed by atoms with van der Waals surface area (Å²) < 4.78 is 51.4. The third-order valence-electron chi connectivity index (χ3n) is 3.59. The van der Waals surface area contributed by atoms with Crippen molar-refractivity contribution in [2.45, 2.75) is 19.6 Å². The van der Waals surface area contributed by atoms with Crippen molar-refractivity contribution < 1.29 is 17.6 Å². The molecule has 0 aliphatic carbocycles. The standard InChI is InChI=1S/C14H17BrF4N2/c1-10-6-12(15)11(7-13(10)16)8-20-2-4-21(5-3-20)9-14(17,18)19/h6-7H,2-5,8-9H2,1H3. The quantitative estimate of drug-likeness (QED) is 0.752. The highest BCUT2D eigenvalue weighted by Gasteiger charge is 2.32. The van der Waals surface area contributed by atoms with Gasteiger partial charge in [0.25, 0.3) is 0 Å². The van der Waals surface area contributed by atoms with Gasteiger partial charge in [0.05, 0.1) is 6.54 Å². The molecule has 0 spiro atoms. The number of piperazine rings is 1. The van der Waals surface area contributed by atoms with Crippen molar-refractivity contribution in [2.75, 3.05) is 32.7 Å². The Bertz CT molecular complexity index is 496. The molecule has 0 unspecified atom stereocenters. The zero-order chi connectivity index (χ0) is 15.6. The Labute approximate surface area is 129 Å². The van der Waals surface area contributed by atoms with Crippen LogP contribution in [0.15, 0.2) is 16.6 Å². The van der Waals surface area contributed by atoms with E-state index in [0.29, 0.717) is 38.3 Å². The molecule has 7 heteroatoms. The van der Waals surface area contributed by atoms with E-state index in [9.17, 15) is 17.6 Å². The summed E-state index contributed by atoms with van der Waals surface area (Å²) in [5, 5.41) is 0. The van der Waals surface area contributed by atoms with Crippen molar-refractivity contribution in [3.8, 4) is 0 Å². The summed E-state index contributed by atoms with van der Waals surface area (Å²) in [5.74, 6) is -0.260. The predicted octanol–water partition coefficient (Wildman–Crippen LogP) is 3.58. The third kappa shape index (κ3) is 4.93. The topological polar surface area (TPSA) is 6.48 Å². The minimum atomic E-state index is -4.15. The van der Waals surface area contributed by atoms with E-state index in [-0.39, 0.29) is 5.82 Å². The number of halogens is 5. The Morgan fingerprint density at radius 3 is 2.24 bits per heavy atom. The van der Waals surface area contributed by atoms with Gasteiger partial charge >= 0.3 is 6.18 Å². The summed E-state index contributed by atoms with van der Waals surface area (Å²) in [4.78, 5) is 3.45. The van der Waals surface area contributed by atoms with E-state index in [1.165, 1.54) is 11.0 Å². The molecule has 0 amide bonds. The molecule has 1 aromatic rings. The Kier molecular flexibility index (Phi) is 5.27. The summed E-state index contributed by atoms with van der Waals surface area (Å²) >= 11 is 3.41. The van der Waals surface area contributed by atoms with Gasteiger partial charge in [-0.2, -0.15) is 13.2 Å². The van der Waals surface area contributed by atoms with Gasteiger partial charge in [0.2, 0.25) is 0 Å². The van der Waals surface area contributed by atoms with Gasteiger partial charge in [-0.05, 0) is 30.2 Å². The van der Waals surface area contributed by atoms with Crippen LogP contribution in [0.3, 0.4) is 0 Å². The molecule has 118 valence electrons. The fraction of sp³-hybridized carbons (Fsp3) is 0.571. The van der Waals surface area contributed by atoms with E-state index in [2.05, 4.69) is 15.9 Å². The second-order valence-corrected chi connectivity index (χ2v) is 6.21. The molecule has 2 rings (SSSR count). The van der Waals surface area contributed by atoms with Gasteiger partial charge in [-0.3, -0.25) is 9.80 Å². The number of benzene rings is 1. The van der Waals surface area contributed by atoms with Crippen molar-refractivity contribution in [2.24, 2.45) is 0 Å². The highest BCUT2D eigenvalue weighted by Crippen LogP contribution is 2.23. The normalized spacial score (nSPS) is 18.2. The van der Waals surface area contributed by atoms with Crippen LogP contribution >= 0.6 is 15.9 Å². The lowest BCUT2D eigenvalue weighted by atomic mass is 10.1. The fourth-order valence-electron chi connectivity index (χ4n) is 2.41. The first-order valence-electron chi connectivity index (χ1n) is 6.70. The van der Waals surface area contributed by atoms with Gasteiger partial charge in [0.15, 0.2) is 0 Å². The van der Waals surface area contributed by atoms with Crippen LogP contribution in [0.4, 0.5) is 17.6 Å². The van der Waals surface area contributed by atoms with Crippen LogP contribution in [0.25, 0.3) is 0 Å². The zero-order valence-electron chi connectivity index (χ0n) is 11.7. The molecule has 0 bridgehead atoms. The third-order valence-corrected chi connectivity index (χ3v) is 4.33. The van der Waals surface area contributed by atoms with Crippen LogP contribution < -0.4 is 0 Å². The number of hydrogen-bond donors (Lipinski definition) is 0. The monoisotopic (exact) mass is 368 g/mol. The van der Waals surface area contributed by atoms with E-state index in [4.69, 9.17) is 0 Å². The molecule has 1 heterocycles. The number of nitrogens with zero attached hydrogens (tertiary/aromatic N) is 2. The van der Waals surface area contributed by atoms with Gasteiger partial charge < -0.3 is 0 Å². The minimum absolute atomic E-state index is 0.260. The maximum Gasteiger partial charge on any atom is 0.401 e. The van der Waals surface area contributed by atoms with E-state index < -0.39 is 12.7 Å². The number of hydrogen-bond acceptors (Lipinski definition) is 2. The van der Waals surface area contributed by atoms with Crippen LogP contribution in [0.2, 0.25) is 0 Å². The summed E-state index contributed by atoms with van der Waals surface area (Å²) in [7, 11) is 0. The number of aryl methyl sites for hydroxylation is 1. The van der Waals surface area contributed by atoms with E-state index >= 15 is 0 Å². The molecule has 0 N–H and O–H groups in total. The van der Waals surface area contributed by atoms with E-state index in [1.807, 2.05) is 4.90 Å². The lowest BCUT2D eigenvalue weighted by molar-refractivity contribution is -0.149. The van der Waals surface area contributed by atoms with Gasteiger partial charge in [-0.1, -0.05) is 15.9 Å². The van der Waals surface area contributed by atoms with Crippen LogP contribution in [0.1, 0.15) is 11.1 Å². The van der Waals surface area contributed by atoms with Crippen LogP contribution in [0, 0.1) is 12.7 Å². The molecule has 1 fully saturated rings. The molecule has 21 heavy (non-hydrogen) atoms. The maximum absolute atomic E-state index is 13.6. The molecule has 0 radical (unpaired) electrons. The average molecular weight is 369 g/mol. The molecule has 1 aliphatic rings. The van der Waals surface area contributed by atoms with Crippen LogP contribution in [-0.2, 0) is 6.54 Å². The lowest BCUT2D eigenvalue weighted by Crippen LogP contribution is -2.48. The van der Waals surface area contributed by atoms with Crippen LogP contribution in [0.5, 0.6) is 0 Å². The molecule has 2 nitrogen and oxygen atoms in total. The smallest absolute Gasteiger partial charge is 0.296 e. The molecular formula is C14H17BrF4N2. The van der Waals surface area contributed by atoms with Crippen molar-refractivity contribution in [3.63, 3.8) is 0 Å². The maximum atomic E-state index is 13.6. The average Bonchev–Trinajstić information content (AvgIpc) is 2.36. The molecular weight excluding hydrogens is 352 g/mol. The number of rotatable bonds is 3. The van der Waals surface area contributed by atoms with Gasteiger partial charge in [-0.25, -0.2) is 4.39 Å². The van der Waals surface area contributed by atoms with Gasteiger partial charge in [0.1, 0.15) is 5.82 Å². The van der Waals surface area contributed by atoms with Crippen molar-refractivity contribution in [1.82, 2.24) is 9.80 Å². The largest absolute Gasteiger partial charge is 0.401 e. The first-order chi connectivity index (χ1) is 9.74. The molecule has 1 aliphatic heterocycles. The first kappa shape index (κ1) is 16.7. The van der Waals surface area contributed by atoms with Crippen LogP contribution in [-0.4, -0.2) is 48.7 Å². The summed E-state index contributed by atoms with van der Waals surface area (Å²) in [6.07, 6.45) is -4.15. The summed E-state index contributed by atoms with van der Waals surface area (Å²) in [6, 6.07) is 3.21. The highest BCUT2D eigenvalue weighted by molar-refractivity contribution is 9.10. The molecule has 1 aromatic carbocycles. The molecule has 1 saturated heterocycles. The van der Waals surface area contributed by atoms with Gasteiger partial charge in [0, 0.05) is 37.2 Å². The van der Waals surface area contributed by atoms with Gasteiger partial charge in [-0.15, -0.1) is 0 Å². The fourth-order valence-corrected chi connectivity index (χ4v) is 2.99. The Hall–Kier alpha value is -0.660. The SMILES string of the molecule is Cc1cc(Br)c(CN2CCN(CC(F)(F)F)CC2)cc1F. The summed E-state index contributed by atoms with van der Waals surface area (Å²) in [6.45, 7) is 3.24. The van der Waals surface area contributed by atoms with Crippen molar-refractivity contribution >= 4 is 15.9 Å². The second-order valence-electron chi connectivity index (χ2n) is 5.36. The number of alkyl halides is 3. The van der Waals surface area contributed by atoms with E-state index in [0.717, 1.165) is 10.0 Å². The lowest BCUT2D eigenvalue weighted by Gasteiger charge is -2.35. The molecule has 0 saturated carbocycles. The second kappa shape index (κ2) is 6.62. The zero-order valence-corrected chi connectivity index (χ0v) is 13.3. The Morgan fingerprint density at radius 2 is 1.67 bits per heavy atom. The summed E-state index contributed by atoms with van der Waals surface area (Å²) in [5.41, 5.74) is 1.39. The highest BCUT2D eigenvalue weighted by atomic mass is 79.9. The predicted molar refractivity (Wildman–Crippen MR) is 76.6 cm³/mol. The van der Waals surface area contributed by atoms with E-state index in [1.54, 1.807) is 13.0 Å². The Morgan fingerprint density at radius 1 is 1.10 bits per heavy atom.